The van der Waals surface area contributed by atoms with Crippen LogP contribution in [0.4, 0.5) is 13.2 Å². The van der Waals surface area contributed by atoms with Crippen LogP contribution in [0.25, 0.3) is 22.3 Å². The summed E-state index contributed by atoms with van der Waals surface area (Å²) in [6.45, 7) is -1.57. The van der Waals surface area contributed by atoms with Crippen molar-refractivity contribution in [2.75, 3.05) is 0 Å². The monoisotopic (exact) mass is 390 g/mol. The van der Waals surface area contributed by atoms with Crippen LogP contribution in [0, 0.1) is 0 Å². The summed E-state index contributed by atoms with van der Waals surface area (Å²) in [5, 5.41) is 4.97. The third-order valence-electron chi connectivity index (χ3n) is 4.19. The summed E-state index contributed by atoms with van der Waals surface area (Å²) in [5.74, 6) is 0. The second kappa shape index (κ2) is 6.22. The summed E-state index contributed by atoms with van der Waals surface area (Å²) in [5.41, 5.74) is -0.515. The maximum Gasteiger partial charge on any atom is 0.408 e. The van der Waals surface area contributed by atoms with E-state index in [0.717, 1.165) is 11.7 Å². The van der Waals surface area contributed by atoms with Crippen LogP contribution >= 0.6 is 0 Å². The lowest BCUT2D eigenvalue weighted by Gasteiger charge is -2.11. The minimum atomic E-state index is -4.66. The van der Waals surface area contributed by atoms with Crippen LogP contribution in [0.1, 0.15) is 0 Å². The van der Waals surface area contributed by atoms with E-state index in [4.69, 9.17) is 0 Å². The fourth-order valence-electron chi connectivity index (χ4n) is 2.91. The van der Waals surface area contributed by atoms with Gasteiger partial charge in [0.15, 0.2) is 0 Å². The van der Waals surface area contributed by atoms with Crippen LogP contribution in [-0.2, 0) is 13.6 Å². The third kappa shape index (κ3) is 3.00. The van der Waals surface area contributed by atoms with Crippen molar-refractivity contribution in [1.29, 1.82) is 0 Å². The molecule has 0 bridgehead atoms. The lowest BCUT2D eigenvalue weighted by molar-refractivity contribution is -0.144. The third-order valence-corrected chi connectivity index (χ3v) is 4.19. The summed E-state index contributed by atoms with van der Waals surface area (Å²) < 4.78 is 42.0. The molecule has 0 spiro atoms. The van der Waals surface area contributed by atoms with Gasteiger partial charge in [0.25, 0.3) is 0 Å². The highest BCUT2D eigenvalue weighted by Crippen LogP contribution is 2.20. The van der Waals surface area contributed by atoms with Gasteiger partial charge in [-0.1, -0.05) is 0 Å². The normalized spacial score (nSPS) is 12.0. The number of halogens is 3. The van der Waals surface area contributed by atoms with Crippen molar-refractivity contribution in [2.24, 2.45) is 7.05 Å². The lowest BCUT2D eigenvalue weighted by atomic mass is 10.2. The number of hydrogen-bond donors (Lipinski definition) is 0. The minimum Gasteiger partial charge on any atom is -0.262 e. The highest BCUT2D eigenvalue weighted by atomic mass is 19.4. The Labute approximate surface area is 154 Å². The minimum absolute atomic E-state index is 0.130. The number of hydrogen-bond acceptors (Lipinski definition) is 4. The van der Waals surface area contributed by atoms with Crippen LogP contribution in [0.15, 0.2) is 58.5 Å². The molecule has 0 atom stereocenters. The molecule has 0 amide bonds. The fraction of sp³-hybridized carbons (Fsp3) is 0.176. The highest BCUT2D eigenvalue weighted by Gasteiger charge is 2.31. The maximum atomic E-state index is 12.9. The molecule has 0 saturated heterocycles. The van der Waals surface area contributed by atoms with Crippen molar-refractivity contribution in [2.45, 2.75) is 12.7 Å². The number of fused-ring (bicyclic) bond motifs is 1. The van der Waals surface area contributed by atoms with Gasteiger partial charge in [0.05, 0.1) is 23.1 Å². The van der Waals surface area contributed by atoms with Crippen LogP contribution in [-0.4, -0.2) is 34.9 Å². The van der Waals surface area contributed by atoms with Gasteiger partial charge in [-0.05, 0) is 30.3 Å². The first-order valence-corrected chi connectivity index (χ1v) is 8.10. The van der Waals surface area contributed by atoms with Crippen molar-refractivity contribution in [3.8, 4) is 11.4 Å². The fourth-order valence-corrected chi connectivity index (χ4v) is 2.91. The largest absolute Gasteiger partial charge is 0.408 e. The first-order valence-electron chi connectivity index (χ1n) is 8.10. The van der Waals surface area contributed by atoms with Crippen LogP contribution in [0.5, 0.6) is 0 Å². The Balaban J connectivity index is 1.87. The highest BCUT2D eigenvalue weighted by molar-refractivity contribution is 5.80. The number of pyridine rings is 1. The molecular formula is C17H13F3N6O2. The standard InChI is InChI=1S/C17H13F3N6O2/c1-23-15(27)25(10-17(18,19)20)26(16(23)28)12-4-5-14-11(7-12)9-24(22-14)13-3-2-6-21-8-13/h2-9H,10H2,1H3. The van der Waals surface area contributed by atoms with E-state index < -0.39 is 24.1 Å². The van der Waals surface area contributed by atoms with E-state index in [0.29, 0.717) is 25.8 Å². The van der Waals surface area contributed by atoms with Gasteiger partial charge in [0, 0.05) is 24.8 Å². The number of alkyl halides is 3. The summed E-state index contributed by atoms with van der Waals surface area (Å²) >= 11 is 0. The summed E-state index contributed by atoms with van der Waals surface area (Å²) in [4.78, 5) is 28.5. The van der Waals surface area contributed by atoms with Gasteiger partial charge in [0.1, 0.15) is 6.54 Å². The molecule has 0 fully saturated rings. The molecule has 0 unspecified atom stereocenters. The first kappa shape index (κ1) is 17.8. The Morgan fingerprint density at radius 1 is 1.07 bits per heavy atom. The molecule has 4 aromatic rings. The molecule has 3 aromatic heterocycles. The Hall–Kier alpha value is -3.63. The molecule has 0 radical (unpaired) electrons. The number of benzene rings is 1. The Morgan fingerprint density at radius 2 is 1.86 bits per heavy atom. The van der Waals surface area contributed by atoms with Gasteiger partial charge in [0.2, 0.25) is 0 Å². The Morgan fingerprint density at radius 3 is 2.54 bits per heavy atom. The predicted octanol–water partition coefficient (Wildman–Crippen LogP) is 1.63. The molecular weight excluding hydrogens is 377 g/mol. The molecule has 11 heteroatoms. The van der Waals surface area contributed by atoms with Crippen molar-refractivity contribution >= 4 is 10.9 Å². The second-order valence-corrected chi connectivity index (χ2v) is 6.14. The zero-order valence-electron chi connectivity index (χ0n) is 14.5. The van der Waals surface area contributed by atoms with Crippen LogP contribution < -0.4 is 11.4 Å². The molecule has 0 aliphatic rings. The van der Waals surface area contributed by atoms with E-state index in [1.165, 1.54) is 12.1 Å². The van der Waals surface area contributed by atoms with Crippen molar-refractivity contribution < 1.29 is 13.2 Å². The van der Waals surface area contributed by atoms with Gasteiger partial charge >= 0.3 is 17.6 Å². The van der Waals surface area contributed by atoms with E-state index >= 15 is 0 Å². The van der Waals surface area contributed by atoms with Gasteiger partial charge < -0.3 is 0 Å². The number of aromatic nitrogens is 6. The van der Waals surface area contributed by atoms with E-state index in [9.17, 15) is 22.8 Å². The van der Waals surface area contributed by atoms with Crippen LogP contribution in [0.3, 0.4) is 0 Å². The van der Waals surface area contributed by atoms with Crippen molar-refractivity contribution in [3.63, 3.8) is 0 Å². The SMILES string of the molecule is Cn1c(=O)n(CC(F)(F)F)n(-c2ccc3nn(-c4cccnc4)cc3c2)c1=O. The smallest absolute Gasteiger partial charge is 0.262 e. The molecule has 8 nitrogen and oxygen atoms in total. The molecule has 1 aromatic carbocycles. The molecule has 4 rings (SSSR count). The molecule has 3 heterocycles. The zero-order valence-corrected chi connectivity index (χ0v) is 14.5. The molecule has 0 aliphatic heterocycles. The quantitative estimate of drug-likeness (QED) is 0.533. The van der Waals surface area contributed by atoms with Gasteiger partial charge in [-0.25, -0.2) is 23.5 Å². The average molecular weight is 390 g/mol. The summed E-state index contributed by atoms with van der Waals surface area (Å²) in [7, 11) is 1.13. The van der Waals surface area contributed by atoms with E-state index in [2.05, 4.69) is 10.1 Å². The predicted molar refractivity (Wildman–Crippen MR) is 93.7 cm³/mol. The van der Waals surface area contributed by atoms with Gasteiger partial charge in [-0.2, -0.15) is 23.0 Å². The summed E-state index contributed by atoms with van der Waals surface area (Å²) in [6, 6.07) is 8.05. The first-order chi connectivity index (χ1) is 13.2. The lowest BCUT2D eigenvalue weighted by Crippen LogP contribution is -2.32. The van der Waals surface area contributed by atoms with Gasteiger partial charge in [-0.15, -0.1) is 0 Å². The molecule has 0 aliphatic carbocycles. The molecule has 144 valence electrons. The second-order valence-electron chi connectivity index (χ2n) is 6.14. The van der Waals surface area contributed by atoms with E-state index in [1.54, 1.807) is 41.5 Å². The van der Waals surface area contributed by atoms with E-state index in [1.807, 2.05) is 0 Å². The van der Waals surface area contributed by atoms with Crippen LogP contribution in [0.2, 0.25) is 0 Å². The van der Waals surface area contributed by atoms with Gasteiger partial charge in [-0.3, -0.25) is 4.98 Å². The Kier molecular flexibility index (Phi) is 3.95. The number of nitrogens with zero attached hydrogens (tertiary/aromatic N) is 6. The zero-order chi connectivity index (χ0) is 20.1. The Bertz CT molecular complexity index is 1280. The van der Waals surface area contributed by atoms with E-state index in [-0.39, 0.29) is 5.69 Å². The van der Waals surface area contributed by atoms with Crippen molar-refractivity contribution in [3.05, 3.63) is 69.9 Å². The maximum absolute atomic E-state index is 12.9. The molecule has 0 N–H and O–H groups in total. The molecule has 0 saturated carbocycles. The summed E-state index contributed by atoms with van der Waals surface area (Å²) in [6.07, 6.45) is 0.229. The number of rotatable bonds is 3. The van der Waals surface area contributed by atoms with Crippen molar-refractivity contribution in [1.82, 2.24) is 28.7 Å². The average Bonchev–Trinajstić information content (AvgIpc) is 3.16. The topological polar surface area (TPSA) is 79.6 Å². The molecule has 28 heavy (non-hydrogen) atoms.